The SMILES string of the molecule is CC(O)c1ccc(OCCCS(C)(=O)=O)c(F)c1. The molecule has 0 aliphatic heterocycles. The number of benzene rings is 1. The molecule has 0 amide bonds. The first-order chi connectivity index (χ1) is 8.29. The lowest BCUT2D eigenvalue weighted by atomic mass is 10.1. The molecule has 0 bridgehead atoms. The van der Waals surface area contributed by atoms with Gasteiger partial charge in [-0.15, -0.1) is 0 Å². The van der Waals surface area contributed by atoms with Gasteiger partial charge in [0.15, 0.2) is 11.6 Å². The van der Waals surface area contributed by atoms with E-state index in [-0.39, 0.29) is 18.1 Å². The van der Waals surface area contributed by atoms with Gasteiger partial charge in [0.05, 0.1) is 18.5 Å². The van der Waals surface area contributed by atoms with Crippen LogP contribution in [0.4, 0.5) is 4.39 Å². The van der Waals surface area contributed by atoms with Crippen molar-refractivity contribution >= 4 is 9.84 Å². The van der Waals surface area contributed by atoms with Crippen molar-refractivity contribution in [2.24, 2.45) is 0 Å². The zero-order valence-corrected chi connectivity index (χ0v) is 11.2. The predicted octanol–water partition coefficient (Wildman–Crippen LogP) is 1.69. The molecule has 0 radical (unpaired) electrons. The molecule has 1 N–H and O–H groups in total. The summed E-state index contributed by atoms with van der Waals surface area (Å²) in [6.07, 6.45) is 0.723. The van der Waals surface area contributed by atoms with Gasteiger partial charge in [0.25, 0.3) is 0 Å². The fourth-order valence-corrected chi connectivity index (χ4v) is 2.04. The molecule has 0 saturated heterocycles. The molecule has 0 heterocycles. The first-order valence-corrected chi connectivity index (χ1v) is 7.63. The Balaban J connectivity index is 2.53. The first kappa shape index (κ1) is 14.9. The standard InChI is InChI=1S/C12H17FO4S/c1-9(14)10-4-5-12(11(13)8-10)17-6-3-7-18(2,15)16/h4-5,8-9,14H,3,6-7H2,1-2H3. The van der Waals surface area contributed by atoms with E-state index in [1.165, 1.54) is 12.1 Å². The molecule has 4 nitrogen and oxygen atoms in total. The summed E-state index contributed by atoms with van der Waals surface area (Å²) in [5.74, 6) is -0.485. The van der Waals surface area contributed by atoms with Crippen LogP contribution in [-0.2, 0) is 9.84 Å². The van der Waals surface area contributed by atoms with Crippen molar-refractivity contribution < 1.29 is 22.7 Å². The van der Waals surface area contributed by atoms with Crippen LogP contribution in [0.1, 0.15) is 25.0 Å². The zero-order valence-electron chi connectivity index (χ0n) is 10.4. The average molecular weight is 276 g/mol. The lowest BCUT2D eigenvalue weighted by Gasteiger charge is -2.09. The maximum absolute atomic E-state index is 13.5. The minimum atomic E-state index is -3.01. The Labute approximate surface area is 106 Å². The summed E-state index contributed by atoms with van der Waals surface area (Å²) in [6.45, 7) is 1.68. The normalized spacial score (nSPS) is 13.3. The van der Waals surface area contributed by atoms with Gasteiger partial charge in [-0.3, -0.25) is 0 Å². The van der Waals surface area contributed by atoms with Crippen LogP contribution in [0.25, 0.3) is 0 Å². The van der Waals surface area contributed by atoms with Crippen LogP contribution in [0.2, 0.25) is 0 Å². The van der Waals surface area contributed by atoms with E-state index in [4.69, 9.17) is 4.74 Å². The van der Waals surface area contributed by atoms with Gasteiger partial charge >= 0.3 is 0 Å². The van der Waals surface area contributed by atoms with Crippen LogP contribution in [0.15, 0.2) is 18.2 Å². The second-order valence-electron chi connectivity index (χ2n) is 4.20. The molecular formula is C12H17FO4S. The van der Waals surface area contributed by atoms with Gasteiger partial charge in [-0.2, -0.15) is 0 Å². The van der Waals surface area contributed by atoms with E-state index < -0.39 is 21.8 Å². The summed E-state index contributed by atoms with van der Waals surface area (Å²) in [5, 5.41) is 9.27. The highest BCUT2D eigenvalue weighted by Crippen LogP contribution is 2.22. The van der Waals surface area contributed by atoms with Gasteiger partial charge in [-0.1, -0.05) is 6.07 Å². The molecule has 0 saturated carbocycles. The Morgan fingerprint density at radius 3 is 2.61 bits per heavy atom. The Hall–Kier alpha value is -1.14. The molecule has 0 aliphatic rings. The van der Waals surface area contributed by atoms with Crippen molar-refractivity contribution in [3.05, 3.63) is 29.6 Å². The van der Waals surface area contributed by atoms with Crippen molar-refractivity contribution in [1.82, 2.24) is 0 Å². The summed E-state index contributed by atoms with van der Waals surface area (Å²) in [6, 6.07) is 4.20. The molecule has 6 heteroatoms. The average Bonchev–Trinajstić information content (AvgIpc) is 2.24. The molecule has 1 atom stereocenters. The number of aliphatic hydroxyl groups is 1. The molecule has 0 fully saturated rings. The summed E-state index contributed by atoms with van der Waals surface area (Å²) in [7, 11) is -3.01. The maximum Gasteiger partial charge on any atom is 0.165 e. The lowest BCUT2D eigenvalue weighted by molar-refractivity contribution is 0.198. The lowest BCUT2D eigenvalue weighted by Crippen LogP contribution is -2.08. The van der Waals surface area contributed by atoms with Crippen molar-refractivity contribution in [2.75, 3.05) is 18.6 Å². The van der Waals surface area contributed by atoms with Crippen LogP contribution in [0.5, 0.6) is 5.75 Å². The quantitative estimate of drug-likeness (QED) is 0.803. The van der Waals surface area contributed by atoms with E-state index in [9.17, 15) is 17.9 Å². The number of halogens is 1. The number of sulfone groups is 1. The van der Waals surface area contributed by atoms with E-state index in [1.807, 2.05) is 0 Å². The molecular weight excluding hydrogens is 259 g/mol. The Morgan fingerprint density at radius 1 is 1.44 bits per heavy atom. The predicted molar refractivity (Wildman–Crippen MR) is 66.9 cm³/mol. The minimum absolute atomic E-state index is 0.0143. The van der Waals surface area contributed by atoms with E-state index in [1.54, 1.807) is 13.0 Å². The van der Waals surface area contributed by atoms with Crippen molar-refractivity contribution in [1.29, 1.82) is 0 Å². The summed E-state index contributed by atoms with van der Waals surface area (Å²) >= 11 is 0. The molecule has 18 heavy (non-hydrogen) atoms. The van der Waals surface area contributed by atoms with E-state index >= 15 is 0 Å². The fourth-order valence-electron chi connectivity index (χ4n) is 1.40. The second-order valence-corrected chi connectivity index (χ2v) is 6.46. The number of hydrogen-bond donors (Lipinski definition) is 1. The van der Waals surface area contributed by atoms with Crippen LogP contribution in [0, 0.1) is 5.82 Å². The van der Waals surface area contributed by atoms with Crippen molar-refractivity contribution in [3.8, 4) is 5.75 Å². The van der Waals surface area contributed by atoms with Crippen LogP contribution in [-0.4, -0.2) is 32.1 Å². The van der Waals surface area contributed by atoms with Gasteiger partial charge in [-0.05, 0) is 31.0 Å². The monoisotopic (exact) mass is 276 g/mol. The highest BCUT2D eigenvalue weighted by atomic mass is 32.2. The number of hydrogen-bond acceptors (Lipinski definition) is 4. The van der Waals surface area contributed by atoms with E-state index in [2.05, 4.69) is 0 Å². The Morgan fingerprint density at radius 2 is 2.11 bits per heavy atom. The molecule has 1 rings (SSSR count). The highest BCUT2D eigenvalue weighted by Gasteiger charge is 2.08. The van der Waals surface area contributed by atoms with Gasteiger partial charge in [0.1, 0.15) is 9.84 Å². The number of rotatable bonds is 6. The fraction of sp³-hybridized carbons (Fsp3) is 0.500. The van der Waals surface area contributed by atoms with E-state index in [0.717, 1.165) is 6.26 Å². The highest BCUT2D eigenvalue weighted by molar-refractivity contribution is 7.90. The third-order valence-corrected chi connectivity index (χ3v) is 3.39. The van der Waals surface area contributed by atoms with Gasteiger partial charge in [-0.25, -0.2) is 12.8 Å². The minimum Gasteiger partial charge on any atom is -0.490 e. The van der Waals surface area contributed by atoms with Gasteiger partial charge in [0, 0.05) is 6.26 Å². The topological polar surface area (TPSA) is 63.6 Å². The van der Waals surface area contributed by atoms with Crippen molar-refractivity contribution in [2.45, 2.75) is 19.4 Å². The zero-order chi connectivity index (χ0) is 13.8. The Bertz CT molecular complexity index is 497. The summed E-state index contributed by atoms with van der Waals surface area (Å²) in [4.78, 5) is 0. The first-order valence-electron chi connectivity index (χ1n) is 5.57. The van der Waals surface area contributed by atoms with E-state index in [0.29, 0.717) is 12.0 Å². The molecule has 102 valence electrons. The smallest absolute Gasteiger partial charge is 0.165 e. The Kier molecular flexibility index (Phi) is 5.10. The molecule has 0 spiro atoms. The van der Waals surface area contributed by atoms with Crippen LogP contribution < -0.4 is 4.74 Å². The number of aliphatic hydroxyl groups excluding tert-OH is 1. The third kappa shape index (κ3) is 5.01. The van der Waals surface area contributed by atoms with Crippen LogP contribution >= 0.6 is 0 Å². The molecule has 0 aliphatic carbocycles. The second kappa shape index (κ2) is 6.15. The molecule has 1 aromatic carbocycles. The number of ether oxygens (including phenoxy) is 1. The van der Waals surface area contributed by atoms with Gasteiger partial charge < -0.3 is 9.84 Å². The molecule has 0 aromatic heterocycles. The largest absolute Gasteiger partial charge is 0.490 e. The third-order valence-electron chi connectivity index (χ3n) is 2.36. The molecule has 1 aromatic rings. The molecule has 1 unspecified atom stereocenters. The summed E-state index contributed by atoms with van der Waals surface area (Å²) < 4.78 is 40.4. The van der Waals surface area contributed by atoms with Gasteiger partial charge in [0.2, 0.25) is 0 Å². The van der Waals surface area contributed by atoms with Crippen molar-refractivity contribution in [3.63, 3.8) is 0 Å². The maximum atomic E-state index is 13.5. The van der Waals surface area contributed by atoms with Crippen LogP contribution in [0.3, 0.4) is 0 Å². The summed E-state index contributed by atoms with van der Waals surface area (Å²) in [5.41, 5.74) is 0.469.